The van der Waals surface area contributed by atoms with Crippen LogP contribution in [0.3, 0.4) is 0 Å². The SMILES string of the molecule is CC(C)(C)OC(=O)c1ccc(C=NO)cc1.N. The van der Waals surface area contributed by atoms with E-state index in [-0.39, 0.29) is 12.1 Å². The topological polar surface area (TPSA) is 93.9 Å². The molecule has 0 aliphatic carbocycles. The van der Waals surface area contributed by atoms with E-state index in [0.29, 0.717) is 5.56 Å². The lowest BCUT2D eigenvalue weighted by Gasteiger charge is -2.19. The summed E-state index contributed by atoms with van der Waals surface area (Å²) >= 11 is 0. The Kier molecular flexibility index (Phi) is 5.34. The summed E-state index contributed by atoms with van der Waals surface area (Å²) in [6.07, 6.45) is 1.29. The number of carbonyl (C=O) groups is 1. The summed E-state index contributed by atoms with van der Waals surface area (Å²) in [4.78, 5) is 11.6. The smallest absolute Gasteiger partial charge is 0.338 e. The van der Waals surface area contributed by atoms with Crippen molar-refractivity contribution in [2.75, 3.05) is 0 Å². The summed E-state index contributed by atoms with van der Waals surface area (Å²) in [5.74, 6) is -0.361. The number of nitrogens with zero attached hydrogens (tertiary/aromatic N) is 1. The van der Waals surface area contributed by atoms with Crippen molar-refractivity contribution >= 4 is 12.2 Å². The maximum absolute atomic E-state index is 11.6. The van der Waals surface area contributed by atoms with E-state index in [9.17, 15) is 4.79 Å². The Morgan fingerprint density at radius 3 is 2.24 bits per heavy atom. The zero-order chi connectivity index (χ0) is 12.2. The molecular formula is C12H18N2O3. The predicted octanol–water partition coefficient (Wildman–Crippen LogP) is 2.61. The second kappa shape index (κ2) is 6.00. The van der Waals surface area contributed by atoms with Gasteiger partial charge in [-0.25, -0.2) is 4.79 Å². The highest BCUT2D eigenvalue weighted by Gasteiger charge is 2.17. The first-order valence-corrected chi connectivity index (χ1v) is 4.93. The molecule has 0 unspecified atom stereocenters. The van der Waals surface area contributed by atoms with Crippen LogP contribution < -0.4 is 6.15 Å². The Balaban J connectivity index is 0.00000256. The van der Waals surface area contributed by atoms with Gasteiger partial charge >= 0.3 is 5.97 Å². The molecule has 0 aliphatic heterocycles. The number of ether oxygens (including phenoxy) is 1. The lowest BCUT2D eigenvalue weighted by Crippen LogP contribution is -2.23. The molecule has 0 fully saturated rings. The Labute approximate surface area is 101 Å². The summed E-state index contributed by atoms with van der Waals surface area (Å²) in [6.45, 7) is 5.45. The largest absolute Gasteiger partial charge is 0.456 e. The van der Waals surface area contributed by atoms with E-state index >= 15 is 0 Å². The van der Waals surface area contributed by atoms with Crippen molar-refractivity contribution in [2.45, 2.75) is 26.4 Å². The van der Waals surface area contributed by atoms with Crippen molar-refractivity contribution in [2.24, 2.45) is 5.16 Å². The molecule has 4 N–H and O–H groups in total. The Hall–Kier alpha value is -1.88. The molecule has 0 atom stereocenters. The van der Waals surface area contributed by atoms with Crippen LogP contribution in [0.1, 0.15) is 36.7 Å². The van der Waals surface area contributed by atoms with Crippen molar-refractivity contribution in [1.82, 2.24) is 6.15 Å². The number of esters is 1. The van der Waals surface area contributed by atoms with Crippen LogP contribution in [-0.2, 0) is 4.74 Å². The van der Waals surface area contributed by atoms with Gasteiger partial charge in [0.15, 0.2) is 0 Å². The molecule has 0 radical (unpaired) electrons. The zero-order valence-electron chi connectivity index (χ0n) is 10.3. The van der Waals surface area contributed by atoms with Gasteiger partial charge in [0, 0.05) is 0 Å². The number of rotatable bonds is 2. The van der Waals surface area contributed by atoms with E-state index in [1.807, 2.05) is 20.8 Å². The van der Waals surface area contributed by atoms with E-state index in [0.717, 1.165) is 5.56 Å². The fourth-order valence-electron chi connectivity index (χ4n) is 1.11. The van der Waals surface area contributed by atoms with Gasteiger partial charge in [-0.3, -0.25) is 0 Å². The van der Waals surface area contributed by atoms with Crippen LogP contribution in [0.2, 0.25) is 0 Å². The van der Waals surface area contributed by atoms with Crippen molar-refractivity contribution < 1.29 is 14.7 Å². The monoisotopic (exact) mass is 238 g/mol. The van der Waals surface area contributed by atoms with Gasteiger partial charge in [-0.15, -0.1) is 0 Å². The average Bonchev–Trinajstić information content (AvgIpc) is 2.16. The number of carbonyl (C=O) groups excluding carboxylic acids is 1. The molecule has 94 valence electrons. The first-order valence-electron chi connectivity index (χ1n) is 4.93. The summed E-state index contributed by atoms with van der Waals surface area (Å²) < 4.78 is 5.20. The first kappa shape index (κ1) is 15.1. The van der Waals surface area contributed by atoms with Gasteiger partial charge in [0.1, 0.15) is 5.60 Å². The molecule has 0 spiro atoms. The van der Waals surface area contributed by atoms with Gasteiger partial charge in [-0.1, -0.05) is 17.3 Å². The summed E-state index contributed by atoms with van der Waals surface area (Å²) in [7, 11) is 0. The van der Waals surface area contributed by atoms with Crippen molar-refractivity contribution in [1.29, 1.82) is 0 Å². The van der Waals surface area contributed by atoms with Crippen molar-refractivity contribution in [3.8, 4) is 0 Å². The van der Waals surface area contributed by atoms with Crippen LogP contribution in [0, 0.1) is 0 Å². The van der Waals surface area contributed by atoms with E-state index in [4.69, 9.17) is 9.94 Å². The molecule has 5 heteroatoms. The molecule has 1 aromatic carbocycles. The molecule has 0 aromatic heterocycles. The quantitative estimate of drug-likeness (QED) is 0.358. The summed E-state index contributed by atoms with van der Waals surface area (Å²) in [6, 6.07) is 6.62. The van der Waals surface area contributed by atoms with Gasteiger partial charge in [0.25, 0.3) is 0 Å². The van der Waals surface area contributed by atoms with Crippen molar-refractivity contribution in [3.63, 3.8) is 0 Å². The highest BCUT2D eigenvalue weighted by atomic mass is 16.6. The molecule has 0 saturated carbocycles. The van der Waals surface area contributed by atoms with E-state index < -0.39 is 5.60 Å². The molecule has 1 rings (SSSR count). The zero-order valence-corrected chi connectivity index (χ0v) is 10.3. The number of oxime groups is 1. The van der Waals surface area contributed by atoms with Gasteiger partial charge in [0.05, 0.1) is 11.8 Å². The Bertz CT molecular complexity index is 391. The minimum atomic E-state index is -0.498. The lowest BCUT2D eigenvalue weighted by molar-refractivity contribution is 0.00695. The molecule has 17 heavy (non-hydrogen) atoms. The third-order valence-corrected chi connectivity index (χ3v) is 1.75. The Morgan fingerprint density at radius 1 is 1.29 bits per heavy atom. The number of hydrogen-bond donors (Lipinski definition) is 2. The normalized spacial score (nSPS) is 11.0. The van der Waals surface area contributed by atoms with Crippen LogP contribution in [-0.4, -0.2) is 23.0 Å². The molecule has 0 aliphatic rings. The van der Waals surface area contributed by atoms with E-state index in [1.165, 1.54) is 6.21 Å². The maximum Gasteiger partial charge on any atom is 0.338 e. The van der Waals surface area contributed by atoms with E-state index in [2.05, 4.69) is 5.16 Å². The van der Waals surface area contributed by atoms with Gasteiger partial charge < -0.3 is 16.1 Å². The van der Waals surface area contributed by atoms with Crippen LogP contribution in [0.25, 0.3) is 0 Å². The minimum absolute atomic E-state index is 0. The van der Waals surface area contributed by atoms with Crippen LogP contribution in [0.4, 0.5) is 0 Å². The highest BCUT2D eigenvalue weighted by Crippen LogP contribution is 2.12. The number of benzene rings is 1. The third-order valence-electron chi connectivity index (χ3n) is 1.75. The van der Waals surface area contributed by atoms with Crippen molar-refractivity contribution in [3.05, 3.63) is 35.4 Å². The first-order chi connectivity index (χ1) is 7.42. The molecule has 0 saturated heterocycles. The van der Waals surface area contributed by atoms with Gasteiger partial charge in [-0.2, -0.15) is 0 Å². The van der Waals surface area contributed by atoms with Crippen LogP contribution in [0.15, 0.2) is 29.4 Å². The molecule has 5 nitrogen and oxygen atoms in total. The molecule has 0 amide bonds. The summed E-state index contributed by atoms with van der Waals surface area (Å²) in [5.41, 5.74) is 0.697. The van der Waals surface area contributed by atoms with Crippen LogP contribution in [0.5, 0.6) is 0 Å². The van der Waals surface area contributed by atoms with E-state index in [1.54, 1.807) is 24.3 Å². The average molecular weight is 238 g/mol. The number of hydrogen-bond acceptors (Lipinski definition) is 5. The molecule has 0 heterocycles. The fourth-order valence-corrected chi connectivity index (χ4v) is 1.11. The van der Waals surface area contributed by atoms with Crippen LogP contribution >= 0.6 is 0 Å². The lowest BCUT2D eigenvalue weighted by atomic mass is 10.1. The van der Waals surface area contributed by atoms with Gasteiger partial charge in [0.2, 0.25) is 0 Å². The fraction of sp³-hybridized carbons (Fsp3) is 0.333. The molecule has 0 bridgehead atoms. The predicted molar refractivity (Wildman–Crippen MR) is 66.0 cm³/mol. The molecule has 1 aromatic rings. The highest BCUT2D eigenvalue weighted by molar-refractivity contribution is 5.90. The second-order valence-electron chi connectivity index (χ2n) is 4.37. The minimum Gasteiger partial charge on any atom is -0.456 e. The van der Waals surface area contributed by atoms with Gasteiger partial charge in [-0.05, 0) is 38.5 Å². The standard InChI is InChI=1S/C12H15NO3.H3N/c1-12(2,3)16-11(14)10-6-4-9(5-7-10)8-13-15;/h4-8,15H,1-3H3;1H3. The Morgan fingerprint density at radius 2 is 1.82 bits per heavy atom. The summed E-state index contributed by atoms with van der Waals surface area (Å²) in [5, 5.41) is 11.2. The second-order valence-corrected chi connectivity index (χ2v) is 4.37. The molecular weight excluding hydrogens is 220 g/mol. The third kappa shape index (κ3) is 5.12. The maximum atomic E-state index is 11.6.